The summed E-state index contributed by atoms with van der Waals surface area (Å²) < 4.78 is 40.0. The second-order valence-corrected chi connectivity index (χ2v) is 7.26. The topological polar surface area (TPSA) is 87.3 Å². The molecule has 8 heteroatoms. The molecule has 0 aromatic heterocycles. The first-order chi connectivity index (χ1) is 12.9. The number of hydrogen-bond donors (Lipinski definition) is 3. The summed E-state index contributed by atoms with van der Waals surface area (Å²) in [5.74, 6) is -0.456. The smallest absolute Gasteiger partial charge is 0.308 e. The fourth-order valence-electron chi connectivity index (χ4n) is 2.26. The van der Waals surface area contributed by atoms with E-state index in [4.69, 9.17) is 0 Å². The highest BCUT2D eigenvalue weighted by atomic mass is 32.2. The van der Waals surface area contributed by atoms with Crippen molar-refractivity contribution in [1.82, 2.24) is 0 Å². The van der Waals surface area contributed by atoms with Gasteiger partial charge in [-0.2, -0.15) is 0 Å². The lowest BCUT2D eigenvalue weighted by Gasteiger charge is -2.10. The van der Waals surface area contributed by atoms with E-state index in [0.717, 1.165) is 12.1 Å². The number of halogens is 1. The van der Waals surface area contributed by atoms with Crippen LogP contribution >= 0.6 is 0 Å². The fraction of sp³-hybridized carbons (Fsp3) is 0. The number of rotatable bonds is 5. The van der Waals surface area contributed by atoms with E-state index in [2.05, 4.69) is 15.4 Å². The summed E-state index contributed by atoms with van der Waals surface area (Å²) in [6, 6.07) is 19.1. The average molecular weight is 385 g/mol. The molecule has 0 saturated carbocycles. The van der Waals surface area contributed by atoms with Gasteiger partial charge in [0.15, 0.2) is 0 Å². The van der Waals surface area contributed by atoms with Gasteiger partial charge in [0.1, 0.15) is 5.82 Å². The highest BCUT2D eigenvalue weighted by molar-refractivity contribution is 7.92. The number of para-hydroxylation sites is 1. The zero-order valence-electron chi connectivity index (χ0n) is 14.0. The van der Waals surface area contributed by atoms with E-state index in [9.17, 15) is 17.6 Å². The van der Waals surface area contributed by atoms with Crippen molar-refractivity contribution in [2.75, 3.05) is 15.4 Å². The Morgan fingerprint density at radius 1 is 0.704 bits per heavy atom. The van der Waals surface area contributed by atoms with Crippen molar-refractivity contribution < 1.29 is 17.6 Å². The van der Waals surface area contributed by atoms with Crippen LogP contribution in [0, 0.1) is 5.82 Å². The van der Waals surface area contributed by atoms with Gasteiger partial charge in [0.25, 0.3) is 10.0 Å². The zero-order chi connectivity index (χ0) is 19.3. The Hall–Kier alpha value is -3.39. The predicted octanol–water partition coefficient (Wildman–Crippen LogP) is 4.27. The Labute approximate surface area is 156 Å². The molecule has 3 aromatic carbocycles. The second-order valence-electron chi connectivity index (χ2n) is 5.58. The van der Waals surface area contributed by atoms with E-state index in [0.29, 0.717) is 11.4 Å². The standard InChI is InChI=1S/C19H16FN3O3S/c20-14-6-8-17(9-7-14)23-27(25,26)18-12-10-16(11-13-18)22-19(24)21-15-4-2-1-3-5-15/h1-13,23H,(H2,21,22,24). The van der Waals surface area contributed by atoms with Gasteiger partial charge in [-0.05, 0) is 60.7 Å². The van der Waals surface area contributed by atoms with Gasteiger partial charge in [-0.1, -0.05) is 18.2 Å². The molecular weight excluding hydrogens is 369 g/mol. The predicted molar refractivity (Wildman–Crippen MR) is 103 cm³/mol. The summed E-state index contributed by atoms with van der Waals surface area (Å²) in [5.41, 5.74) is 1.32. The quantitative estimate of drug-likeness (QED) is 0.613. The van der Waals surface area contributed by atoms with Crippen LogP contribution in [-0.2, 0) is 10.0 Å². The molecule has 0 radical (unpaired) electrons. The molecule has 0 aliphatic heterocycles. The molecule has 27 heavy (non-hydrogen) atoms. The molecule has 0 heterocycles. The van der Waals surface area contributed by atoms with Gasteiger partial charge in [0.2, 0.25) is 0 Å². The largest absolute Gasteiger partial charge is 0.323 e. The third-order valence-electron chi connectivity index (χ3n) is 3.55. The number of sulfonamides is 1. The van der Waals surface area contributed by atoms with Gasteiger partial charge in [0.05, 0.1) is 4.90 Å². The number of amides is 2. The number of urea groups is 1. The second kappa shape index (κ2) is 7.88. The number of nitrogens with one attached hydrogen (secondary N) is 3. The van der Waals surface area contributed by atoms with E-state index in [-0.39, 0.29) is 10.6 Å². The van der Waals surface area contributed by atoms with Crippen LogP contribution in [-0.4, -0.2) is 14.4 Å². The van der Waals surface area contributed by atoms with Gasteiger partial charge >= 0.3 is 6.03 Å². The maximum Gasteiger partial charge on any atom is 0.323 e. The molecule has 0 spiro atoms. The highest BCUT2D eigenvalue weighted by Crippen LogP contribution is 2.19. The molecule has 3 N–H and O–H groups in total. The molecule has 0 bridgehead atoms. The fourth-order valence-corrected chi connectivity index (χ4v) is 3.32. The zero-order valence-corrected chi connectivity index (χ0v) is 14.8. The molecule has 3 aromatic rings. The van der Waals surface area contributed by atoms with Crippen LogP contribution in [0.5, 0.6) is 0 Å². The summed E-state index contributed by atoms with van der Waals surface area (Å²) in [7, 11) is -3.82. The van der Waals surface area contributed by atoms with E-state index >= 15 is 0 Å². The van der Waals surface area contributed by atoms with Crippen LogP contribution in [0.2, 0.25) is 0 Å². The van der Waals surface area contributed by atoms with E-state index in [1.54, 1.807) is 24.3 Å². The molecule has 3 rings (SSSR count). The van der Waals surface area contributed by atoms with Crippen molar-refractivity contribution in [2.24, 2.45) is 0 Å². The summed E-state index contributed by atoms with van der Waals surface area (Å²) in [6.45, 7) is 0. The summed E-state index contributed by atoms with van der Waals surface area (Å²) >= 11 is 0. The molecule has 138 valence electrons. The Morgan fingerprint density at radius 3 is 1.81 bits per heavy atom. The van der Waals surface area contributed by atoms with Crippen molar-refractivity contribution in [1.29, 1.82) is 0 Å². The average Bonchev–Trinajstić information content (AvgIpc) is 2.65. The maximum atomic E-state index is 12.9. The van der Waals surface area contributed by atoms with E-state index in [1.165, 1.54) is 36.4 Å². The van der Waals surface area contributed by atoms with Crippen LogP contribution in [0.25, 0.3) is 0 Å². The number of anilines is 3. The number of benzene rings is 3. The SMILES string of the molecule is O=C(Nc1ccccc1)Nc1ccc(S(=O)(=O)Nc2ccc(F)cc2)cc1. The van der Waals surface area contributed by atoms with Gasteiger partial charge < -0.3 is 10.6 Å². The van der Waals surface area contributed by atoms with Crippen LogP contribution < -0.4 is 15.4 Å². The Bertz CT molecular complexity index is 1020. The minimum atomic E-state index is -3.82. The Balaban J connectivity index is 1.65. The lowest BCUT2D eigenvalue weighted by Crippen LogP contribution is -2.19. The van der Waals surface area contributed by atoms with Crippen molar-refractivity contribution in [2.45, 2.75) is 4.90 Å². The normalized spacial score (nSPS) is 10.9. The summed E-state index contributed by atoms with van der Waals surface area (Å²) in [5, 5.41) is 5.28. The van der Waals surface area contributed by atoms with Gasteiger partial charge in [-0.15, -0.1) is 0 Å². The third kappa shape index (κ3) is 5.05. The number of carbonyl (C=O) groups is 1. The highest BCUT2D eigenvalue weighted by Gasteiger charge is 2.14. The Kier molecular flexibility index (Phi) is 5.37. The molecule has 0 fully saturated rings. The van der Waals surface area contributed by atoms with Crippen LogP contribution in [0.4, 0.5) is 26.2 Å². The minimum absolute atomic E-state index is 0.0147. The minimum Gasteiger partial charge on any atom is -0.308 e. The molecule has 0 atom stereocenters. The molecule has 0 saturated heterocycles. The van der Waals surface area contributed by atoms with E-state index < -0.39 is 21.9 Å². The first kappa shape index (κ1) is 18.4. The van der Waals surface area contributed by atoms with Crippen molar-refractivity contribution in [3.05, 3.63) is 84.7 Å². The van der Waals surface area contributed by atoms with Gasteiger partial charge in [0, 0.05) is 17.1 Å². The van der Waals surface area contributed by atoms with Crippen molar-refractivity contribution in [3.63, 3.8) is 0 Å². The number of carbonyl (C=O) groups excluding carboxylic acids is 1. The molecule has 6 nitrogen and oxygen atoms in total. The summed E-state index contributed by atoms with van der Waals surface area (Å²) in [6.07, 6.45) is 0. The first-order valence-electron chi connectivity index (χ1n) is 7.94. The number of hydrogen-bond acceptors (Lipinski definition) is 3. The summed E-state index contributed by atoms with van der Waals surface area (Å²) in [4.78, 5) is 12.0. The van der Waals surface area contributed by atoms with Crippen molar-refractivity contribution >= 4 is 33.1 Å². The lowest BCUT2D eigenvalue weighted by molar-refractivity contribution is 0.262. The maximum absolute atomic E-state index is 12.9. The van der Waals surface area contributed by atoms with Crippen LogP contribution in [0.1, 0.15) is 0 Å². The van der Waals surface area contributed by atoms with E-state index in [1.807, 2.05) is 6.07 Å². The molecule has 0 unspecified atom stereocenters. The monoisotopic (exact) mass is 385 g/mol. The van der Waals surface area contributed by atoms with Gasteiger partial charge in [-0.25, -0.2) is 17.6 Å². The lowest BCUT2D eigenvalue weighted by atomic mass is 10.3. The van der Waals surface area contributed by atoms with Gasteiger partial charge in [-0.3, -0.25) is 4.72 Å². The molecule has 0 aliphatic rings. The molecular formula is C19H16FN3O3S. The molecule has 0 aliphatic carbocycles. The van der Waals surface area contributed by atoms with Crippen LogP contribution in [0.3, 0.4) is 0 Å². The van der Waals surface area contributed by atoms with Crippen molar-refractivity contribution in [3.8, 4) is 0 Å². The third-order valence-corrected chi connectivity index (χ3v) is 4.95. The van der Waals surface area contributed by atoms with Crippen LogP contribution in [0.15, 0.2) is 83.8 Å². The Morgan fingerprint density at radius 2 is 1.22 bits per heavy atom. The first-order valence-corrected chi connectivity index (χ1v) is 9.42. The molecule has 2 amide bonds.